The van der Waals surface area contributed by atoms with Gasteiger partial charge in [0.2, 0.25) is 0 Å². The van der Waals surface area contributed by atoms with Crippen LogP contribution in [-0.2, 0) is 6.54 Å². The van der Waals surface area contributed by atoms with Gasteiger partial charge in [-0.25, -0.2) is 0 Å². The molecular formula is C17H23N3O. The van der Waals surface area contributed by atoms with E-state index >= 15 is 0 Å². The maximum atomic E-state index is 8.77. The summed E-state index contributed by atoms with van der Waals surface area (Å²) in [5.74, 6) is 6.74. The van der Waals surface area contributed by atoms with E-state index in [2.05, 4.69) is 36.7 Å². The number of rotatable bonds is 6. The zero-order valence-electron chi connectivity index (χ0n) is 13.0. The van der Waals surface area contributed by atoms with Crippen LogP contribution in [0.2, 0.25) is 0 Å². The van der Waals surface area contributed by atoms with Crippen LogP contribution in [0, 0.1) is 23.2 Å². The van der Waals surface area contributed by atoms with Crippen molar-refractivity contribution >= 4 is 0 Å². The first-order chi connectivity index (χ1) is 10.1. The normalized spacial score (nSPS) is 10.1. The van der Waals surface area contributed by atoms with Crippen molar-refractivity contribution in [2.75, 3.05) is 20.2 Å². The van der Waals surface area contributed by atoms with Crippen LogP contribution in [0.4, 0.5) is 0 Å². The first-order valence-corrected chi connectivity index (χ1v) is 7.09. The molecule has 2 N–H and O–H groups in total. The summed E-state index contributed by atoms with van der Waals surface area (Å²) in [6.07, 6.45) is 0.521. The molecule has 4 heteroatoms. The maximum Gasteiger partial charge on any atom is 0.123 e. The van der Waals surface area contributed by atoms with Crippen LogP contribution >= 0.6 is 0 Å². The highest BCUT2D eigenvalue weighted by Gasteiger charge is 2.13. The molecule has 112 valence electrons. The Kier molecular flexibility index (Phi) is 7.32. The molecule has 1 aromatic carbocycles. The minimum Gasteiger partial charge on any atom is -0.496 e. The highest BCUT2D eigenvalue weighted by Crippen LogP contribution is 2.22. The Balaban J connectivity index is 2.99. The van der Waals surface area contributed by atoms with Crippen molar-refractivity contribution in [3.8, 4) is 23.7 Å². The third-order valence-electron chi connectivity index (χ3n) is 3.23. The predicted octanol–water partition coefficient (Wildman–Crippen LogP) is 2.13. The molecule has 0 spiro atoms. The van der Waals surface area contributed by atoms with E-state index < -0.39 is 0 Å². The molecule has 0 saturated carbocycles. The largest absolute Gasteiger partial charge is 0.496 e. The van der Waals surface area contributed by atoms with Crippen LogP contribution in [0.1, 0.15) is 31.4 Å². The van der Waals surface area contributed by atoms with Gasteiger partial charge in [0, 0.05) is 36.7 Å². The van der Waals surface area contributed by atoms with E-state index in [1.807, 2.05) is 18.2 Å². The van der Waals surface area contributed by atoms with Gasteiger partial charge in [-0.2, -0.15) is 5.26 Å². The molecule has 0 saturated heterocycles. The summed E-state index contributed by atoms with van der Waals surface area (Å²) in [6.45, 7) is 6.09. The average molecular weight is 285 g/mol. The number of nitriles is 1. The molecule has 0 heterocycles. The Morgan fingerprint density at radius 3 is 2.71 bits per heavy atom. The molecule has 1 rings (SSSR count). The Morgan fingerprint density at radius 2 is 2.14 bits per heavy atom. The Hall–Kier alpha value is -2.01. The highest BCUT2D eigenvalue weighted by molar-refractivity contribution is 5.44. The molecule has 0 radical (unpaired) electrons. The number of methoxy groups -OCH3 is 1. The second-order valence-electron chi connectivity index (χ2n) is 5.00. The third-order valence-corrected chi connectivity index (χ3v) is 3.23. The molecule has 0 aliphatic carbocycles. The van der Waals surface area contributed by atoms with Crippen LogP contribution in [0.15, 0.2) is 18.2 Å². The zero-order chi connectivity index (χ0) is 15.7. The van der Waals surface area contributed by atoms with Crippen molar-refractivity contribution in [1.29, 1.82) is 5.26 Å². The minimum atomic E-state index is 0.349. The number of nitrogens with two attached hydrogens (primary N) is 1. The second-order valence-corrected chi connectivity index (χ2v) is 5.00. The van der Waals surface area contributed by atoms with Crippen LogP contribution < -0.4 is 10.5 Å². The molecule has 0 aliphatic rings. The van der Waals surface area contributed by atoms with Crippen molar-refractivity contribution in [1.82, 2.24) is 4.90 Å². The summed E-state index contributed by atoms with van der Waals surface area (Å²) in [6, 6.07) is 8.45. The van der Waals surface area contributed by atoms with Gasteiger partial charge in [-0.15, -0.1) is 0 Å². The molecule has 0 fully saturated rings. The van der Waals surface area contributed by atoms with Crippen LogP contribution in [0.3, 0.4) is 0 Å². The van der Waals surface area contributed by atoms with Gasteiger partial charge in [-0.3, -0.25) is 4.90 Å². The molecule has 1 aromatic rings. The van der Waals surface area contributed by atoms with Gasteiger partial charge in [0.15, 0.2) is 0 Å². The molecule has 4 nitrogen and oxygen atoms in total. The summed E-state index contributed by atoms with van der Waals surface area (Å²) >= 11 is 0. The molecule has 0 unspecified atom stereocenters. The highest BCUT2D eigenvalue weighted by atomic mass is 16.5. The van der Waals surface area contributed by atoms with Gasteiger partial charge < -0.3 is 10.5 Å². The first-order valence-electron chi connectivity index (χ1n) is 7.09. The number of hydrogen-bond acceptors (Lipinski definition) is 4. The molecule has 0 atom stereocenters. The van der Waals surface area contributed by atoms with Crippen molar-refractivity contribution in [3.63, 3.8) is 0 Å². The lowest BCUT2D eigenvalue weighted by atomic mass is 10.1. The van der Waals surface area contributed by atoms with E-state index in [-0.39, 0.29) is 0 Å². The van der Waals surface area contributed by atoms with Crippen LogP contribution in [-0.4, -0.2) is 31.1 Å². The van der Waals surface area contributed by atoms with E-state index in [1.165, 1.54) is 0 Å². The predicted molar refractivity (Wildman–Crippen MR) is 84.7 cm³/mol. The van der Waals surface area contributed by atoms with Crippen molar-refractivity contribution in [3.05, 3.63) is 29.3 Å². The van der Waals surface area contributed by atoms with E-state index in [1.54, 1.807) is 7.11 Å². The second kappa shape index (κ2) is 9.02. The van der Waals surface area contributed by atoms with Gasteiger partial charge in [-0.1, -0.05) is 11.8 Å². The average Bonchev–Trinajstić information content (AvgIpc) is 2.49. The Morgan fingerprint density at radius 1 is 1.38 bits per heavy atom. The van der Waals surface area contributed by atoms with Gasteiger partial charge in [0.25, 0.3) is 0 Å². The quantitative estimate of drug-likeness (QED) is 0.813. The van der Waals surface area contributed by atoms with Gasteiger partial charge >= 0.3 is 0 Å². The van der Waals surface area contributed by atoms with E-state index in [0.29, 0.717) is 19.0 Å². The van der Waals surface area contributed by atoms with E-state index in [9.17, 15) is 0 Å². The molecule has 0 bridgehead atoms. The molecule has 0 amide bonds. The van der Waals surface area contributed by atoms with Crippen molar-refractivity contribution in [2.24, 2.45) is 5.73 Å². The minimum absolute atomic E-state index is 0.349. The summed E-state index contributed by atoms with van der Waals surface area (Å²) in [5.41, 5.74) is 7.42. The third kappa shape index (κ3) is 5.47. The Labute approximate surface area is 127 Å². The topological polar surface area (TPSA) is 62.3 Å². The van der Waals surface area contributed by atoms with Crippen molar-refractivity contribution < 1.29 is 4.74 Å². The molecule has 0 aliphatic heterocycles. The number of hydrogen-bond donors (Lipinski definition) is 1. The van der Waals surface area contributed by atoms with Crippen molar-refractivity contribution in [2.45, 2.75) is 32.9 Å². The zero-order valence-corrected chi connectivity index (χ0v) is 13.0. The monoisotopic (exact) mass is 285 g/mol. The first kappa shape index (κ1) is 17.0. The van der Waals surface area contributed by atoms with Gasteiger partial charge in [-0.05, 0) is 32.0 Å². The summed E-state index contributed by atoms with van der Waals surface area (Å²) in [5, 5.41) is 8.77. The van der Waals surface area contributed by atoms with Crippen LogP contribution in [0.5, 0.6) is 5.75 Å². The fourth-order valence-electron chi connectivity index (χ4n) is 2.07. The van der Waals surface area contributed by atoms with E-state index in [0.717, 1.165) is 30.0 Å². The lowest BCUT2D eigenvalue weighted by Crippen LogP contribution is -2.31. The van der Waals surface area contributed by atoms with Gasteiger partial charge in [0.1, 0.15) is 5.75 Å². The Bertz CT molecular complexity index is 549. The SMILES string of the molecule is COc1ccc(C#CCN)cc1CN(CCC#N)C(C)C. The van der Waals surface area contributed by atoms with Crippen LogP contribution in [0.25, 0.3) is 0 Å². The molecule has 0 aromatic heterocycles. The molecule has 21 heavy (non-hydrogen) atoms. The summed E-state index contributed by atoms with van der Waals surface area (Å²) in [4.78, 5) is 2.25. The lowest BCUT2D eigenvalue weighted by Gasteiger charge is -2.26. The molecular weight excluding hydrogens is 262 g/mol. The number of ether oxygens (including phenoxy) is 1. The smallest absolute Gasteiger partial charge is 0.123 e. The number of benzene rings is 1. The number of nitrogens with zero attached hydrogens (tertiary/aromatic N) is 2. The summed E-state index contributed by atoms with van der Waals surface area (Å²) in [7, 11) is 1.67. The van der Waals surface area contributed by atoms with E-state index in [4.69, 9.17) is 15.7 Å². The standard InChI is InChI=1S/C17H23N3O/c1-14(2)20(11-5-10-19)13-16-12-15(6-4-9-18)7-8-17(16)21-3/h7-8,12,14H,5,9,11,13,18H2,1-3H3. The fourth-order valence-corrected chi connectivity index (χ4v) is 2.07. The summed E-state index contributed by atoms with van der Waals surface area (Å²) < 4.78 is 5.43. The lowest BCUT2D eigenvalue weighted by molar-refractivity contribution is 0.215. The fraction of sp³-hybridized carbons (Fsp3) is 0.471. The maximum absolute atomic E-state index is 8.77. The van der Waals surface area contributed by atoms with Gasteiger partial charge in [0.05, 0.1) is 19.7 Å².